The highest BCUT2D eigenvalue weighted by molar-refractivity contribution is 5.97. The van der Waals surface area contributed by atoms with Crippen LogP contribution in [0.25, 0.3) is 0 Å². The molecule has 1 heterocycles. The molecular weight excluding hydrogens is 376 g/mol. The first kappa shape index (κ1) is 21.8. The largest absolute Gasteiger partial charge is 0.369 e. The second kappa shape index (κ2) is 10.3. The van der Waals surface area contributed by atoms with E-state index in [2.05, 4.69) is 46.3 Å². The number of anilines is 2. The van der Waals surface area contributed by atoms with Crippen molar-refractivity contribution >= 4 is 23.2 Å². The summed E-state index contributed by atoms with van der Waals surface area (Å²) in [5, 5.41) is 2.94. The first-order valence-corrected chi connectivity index (χ1v) is 10.7. The normalized spacial score (nSPS) is 14.4. The van der Waals surface area contributed by atoms with Gasteiger partial charge < -0.3 is 15.1 Å². The molecule has 2 aromatic carbocycles. The molecule has 1 aliphatic rings. The first-order chi connectivity index (χ1) is 14.5. The number of aryl methyl sites for hydroxylation is 1. The van der Waals surface area contributed by atoms with Crippen LogP contribution in [0, 0.1) is 6.92 Å². The van der Waals surface area contributed by atoms with E-state index in [1.807, 2.05) is 26.0 Å². The monoisotopic (exact) mass is 408 g/mol. The van der Waals surface area contributed by atoms with Gasteiger partial charge in [-0.05, 0) is 56.7 Å². The third-order valence-electron chi connectivity index (χ3n) is 5.55. The Morgan fingerprint density at radius 1 is 0.967 bits per heavy atom. The number of hydrogen-bond donors (Lipinski definition) is 1. The minimum atomic E-state index is -0.0496. The fourth-order valence-corrected chi connectivity index (χ4v) is 3.82. The lowest BCUT2D eigenvalue weighted by Gasteiger charge is -2.35. The molecule has 2 aromatic rings. The van der Waals surface area contributed by atoms with Crippen molar-refractivity contribution in [3.8, 4) is 0 Å². The van der Waals surface area contributed by atoms with E-state index in [0.29, 0.717) is 30.9 Å². The summed E-state index contributed by atoms with van der Waals surface area (Å²) in [7, 11) is 0. The molecule has 1 saturated heterocycles. The number of benzene rings is 2. The number of piperazine rings is 1. The number of carbonyl (C=O) groups excluding carboxylic acids is 2. The fraction of sp³-hybridized carbons (Fsp3) is 0.417. The van der Waals surface area contributed by atoms with Crippen molar-refractivity contribution in [3.05, 3.63) is 59.7 Å². The molecule has 1 aliphatic heterocycles. The highest BCUT2D eigenvalue weighted by atomic mass is 16.2. The van der Waals surface area contributed by atoms with Crippen LogP contribution in [0.15, 0.2) is 48.5 Å². The second-order valence-corrected chi connectivity index (χ2v) is 7.71. The van der Waals surface area contributed by atoms with Gasteiger partial charge >= 0.3 is 0 Å². The smallest absolute Gasteiger partial charge is 0.253 e. The van der Waals surface area contributed by atoms with Crippen molar-refractivity contribution in [3.63, 3.8) is 0 Å². The molecule has 0 aromatic heterocycles. The quantitative estimate of drug-likeness (QED) is 0.764. The summed E-state index contributed by atoms with van der Waals surface area (Å²) in [5.74, 6) is -0.0604. The van der Waals surface area contributed by atoms with E-state index in [-0.39, 0.29) is 11.8 Å². The van der Waals surface area contributed by atoms with Gasteiger partial charge in [0.15, 0.2) is 0 Å². The molecule has 6 nitrogen and oxygen atoms in total. The summed E-state index contributed by atoms with van der Waals surface area (Å²) >= 11 is 0. The number of nitrogens with one attached hydrogen (secondary N) is 1. The Kier molecular flexibility index (Phi) is 7.46. The van der Waals surface area contributed by atoms with Gasteiger partial charge in [0.2, 0.25) is 5.91 Å². The van der Waals surface area contributed by atoms with E-state index in [9.17, 15) is 9.59 Å². The van der Waals surface area contributed by atoms with Gasteiger partial charge in [-0.15, -0.1) is 0 Å². The van der Waals surface area contributed by atoms with E-state index < -0.39 is 0 Å². The van der Waals surface area contributed by atoms with E-state index >= 15 is 0 Å². The molecule has 3 rings (SSSR count). The summed E-state index contributed by atoms with van der Waals surface area (Å²) in [6.45, 7) is 11.2. The van der Waals surface area contributed by atoms with Crippen molar-refractivity contribution in [2.45, 2.75) is 20.8 Å². The molecule has 1 fully saturated rings. The number of amides is 2. The molecule has 1 N–H and O–H groups in total. The minimum Gasteiger partial charge on any atom is -0.369 e. The Bertz CT molecular complexity index is 871. The molecule has 0 saturated carbocycles. The molecule has 6 heteroatoms. The minimum absolute atomic E-state index is 0.0108. The van der Waals surface area contributed by atoms with Crippen LogP contribution >= 0.6 is 0 Å². The standard InChI is InChI=1S/C24H32N4O2/c1-4-27(5-2)24(30)20-9-7-10-21(17-20)25-23(29)18-26-12-14-28(15-13-26)22-11-6-8-19(3)16-22/h6-11,16-17H,4-5,12-15,18H2,1-3H3,(H,25,29). The van der Waals surface area contributed by atoms with Gasteiger partial charge in [0, 0.05) is 56.2 Å². The third kappa shape index (κ3) is 5.60. The predicted molar refractivity (Wildman–Crippen MR) is 122 cm³/mol. The van der Waals surface area contributed by atoms with Crippen LogP contribution in [-0.2, 0) is 4.79 Å². The lowest BCUT2D eigenvalue weighted by atomic mass is 10.1. The van der Waals surface area contributed by atoms with E-state index in [1.165, 1.54) is 11.3 Å². The number of carbonyl (C=O) groups is 2. The molecule has 0 spiro atoms. The van der Waals surface area contributed by atoms with Crippen LogP contribution in [0.5, 0.6) is 0 Å². The summed E-state index contributed by atoms with van der Waals surface area (Å²) in [6.07, 6.45) is 0. The van der Waals surface area contributed by atoms with Gasteiger partial charge in [-0.2, -0.15) is 0 Å². The van der Waals surface area contributed by atoms with Crippen molar-refractivity contribution in [1.82, 2.24) is 9.80 Å². The predicted octanol–water partition coefficient (Wildman–Crippen LogP) is 3.24. The molecule has 0 unspecified atom stereocenters. The van der Waals surface area contributed by atoms with Crippen molar-refractivity contribution in [1.29, 1.82) is 0 Å². The maximum Gasteiger partial charge on any atom is 0.253 e. The summed E-state index contributed by atoms with van der Waals surface area (Å²) in [5.41, 5.74) is 3.77. The van der Waals surface area contributed by atoms with Crippen LogP contribution in [0.1, 0.15) is 29.8 Å². The molecular formula is C24H32N4O2. The van der Waals surface area contributed by atoms with Gasteiger partial charge in [0.25, 0.3) is 5.91 Å². The first-order valence-electron chi connectivity index (χ1n) is 10.7. The third-order valence-corrected chi connectivity index (χ3v) is 5.55. The maximum absolute atomic E-state index is 12.5. The number of rotatable bonds is 7. The van der Waals surface area contributed by atoms with E-state index in [1.54, 1.807) is 17.0 Å². The van der Waals surface area contributed by atoms with Crippen LogP contribution < -0.4 is 10.2 Å². The molecule has 160 valence electrons. The zero-order valence-electron chi connectivity index (χ0n) is 18.2. The van der Waals surface area contributed by atoms with Gasteiger partial charge in [-0.25, -0.2) is 0 Å². The zero-order chi connectivity index (χ0) is 21.5. The summed E-state index contributed by atoms with van der Waals surface area (Å²) in [4.78, 5) is 31.4. The Balaban J connectivity index is 1.52. The Hall–Kier alpha value is -2.86. The van der Waals surface area contributed by atoms with E-state index in [4.69, 9.17) is 0 Å². The Morgan fingerprint density at radius 2 is 1.67 bits per heavy atom. The van der Waals surface area contributed by atoms with Crippen molar-refractivity contribution < 1.29 is 9.59 Å². The van der Waals surface area contributed by atoms with E-state index in [0.717, 1.165) is 26.2 Å². The molecule has 0 atom stereocenters. The van der Waals surface area contributed by atoms with Crippen LogP contribution in [0.4, 0.5) is 11.4 Å². The van der Waals surface area contributed by atoms with Crippen molar-refractivity contribution in [2.75, 3.05) is 56.0 Å². The SMILES string of the molecule is CCN(CC)C(=O)c1cccc(NC(=O)CN2CCN(c3cccc(C)c3)CC2)c1. The lowest BCUT2D eigenvalue weighted by molar-refractivity contribution is -0.117. The van der Waals surface area contributed by atoms with Crippen LogP contribution in [0.2, 0.25) is 0 Å². The molecule has 0 aliphatic carbocycles. The van der Waals surface area contributed by atoms with Gasteiger partial charge in [0.1, 0.15) is 0 Å². The molecule has 2 amide bonds. The number of hydrogen-bond acceptors (Lipinski definition) is 4. The average Bonchev–Trinajstić information content (AvgIpc) is 2.75. The highest BCUT2D eigenvalue weighted by Gasteiger charge is 2.20. The maximum atomic E-state index is 12.5. The Morgan fingerprint density at radius 3 is 2.33 bits per heavy atom. The van der Waals surface area contributed by atoms with Gasteiger partial charge in [0.05, 0.1) is 6.54 Å². The van der Waals surface area contributed by atoms with Crippen LogP contribution in [-0.4, -0.2) is 67.4 Å². The zero-order valence-corrected chi connectivity index (χ0v) is 18.2. The topological polar surface area (TPSA) is 55.9 Å². The van der Waals surface area contributed by atoms with Gasteiger partial charge in [-0.3, -0.25) is 14.5 Å². The molecule has 30 heavy (non-hydrogen) atoms. The van der Waals surface area contributed by atoms with Crippen molar-refractivity contribution in [2.24, 2.45) is 0 Å². The summed E-state index contributed by atoms with van der Waals surface area (Å²) < 4.78 is 0. The average molecular weight is 409 g/mol. The molecule has 0 bridgehead atoms. The summed E-state index contributed by atoms with van der Waals surface area (Å²) in [6, 6.07) is 15.7. The highest BCUT2D eigenvalue weighted by Crippen LogP contribution is 2.18. The lowest BCUT2D eigenvalue weighted by Crippen LogP contribution is -2.48. The number of nitrogens with zero attached hydrogens (tertiary/aromatic N) is 3. The van der Waals surface area contributed by atoms with Crippen LogP contribution in [0.3, 0.4) is 0 Å². The fourth-order valence-electron chi connectivity index (χ4n) is 3.82. The Labute approximate surface area is 179 Å². The second-order valence-electron chi connectivity index (χ2n) is 7.71. The van der Waals surface area contributed by atoms with Gasteiger partial charge in [-0.1, -0.05) is 18.2 Å². The molecule has 0 radical (unpaired) electrons.